The van der Waals surface area contributed by atoms with Gasteiger partial charge in [-0.1, -0.05) is 32.3 Å². The first-order valence-corrected chi connectivity index (χ1v) is 7.74. The molecule has 0 amide bonds. The van der Waals surface area contributed by atoms with Crippen LogP contribution in [-0.4, -0.2) is 23.3 Å². The van der Waals surface area contributed by atoms with Crippen molar-refractivity contribution in [3.8, 4) is 0 Å². The lowest BCUT2D eigenvalue weighted by molar-refractivity contribution is 0.0477. The molecule has 0 saturated heterocycles. The molecule has 1 aromatic rings. The van der Waals surface area contributed by atoms with Crippen molar-refractivity contribution in [3.63, 3.8) is 0 Å². The van der Waals surface area contributed by atoms with Crippen molar-refractivity contribution in [3.05, 3.63) is 11.7 Å². The summed E-state index contributed by atoms with van der Waals surface area (Å²) in [4.78, 5) is 4.48. The van der Waals surface area contributed by atoms with Gasteiger partial charge in [-0.15, -0.1) is 0 Å². The molecule has 1 heterocycles. The third kappa shape index (κ3) is 5.59. The minimum atomic E-state index is -0.0519. The van der Waals surface area contributed by atoms with Gasteiger partial charge in [-0.25, -0.2) is 0 Å². The number of aromatic nitrogens is 2. The molecule has 20 heavy (non-hydrogen) atoms. The molecule has 1 aromatic heterocycles. The zero-order chi connectivity index (χ0) is 15.0. The lowest BCUT2D eigenvalue weighted by Crippen LogP contribution is -2.19. The molecule has 2 atom stereocenters. The number of nitrogens with two attached hydrogens (primary N) is 1. The van der Waals surface area contributed by atoms with Crippen LogP contribution in [0.25, 0.3) is 0 Å². The van der Waals surface area contributed by atoms with E-state index in [1.807, 2.05) is 6.92 Å². The molecule has 0 aromatic carbocycles. The Bertz CT molecular complexity index is 360. The predicted molar refractivity (Wildman–Crippen MR) is 79.3 cm³/mol. The number of hydrogen-bond donors (Lipinski definition) is 1. The molecule has 0 radical (unpaired) electrons. The third-order valence-corrected chi connectivity index (χ3v) is 3.29. The topological polar surface area (TPSA) is 74.2 Å². The predicted octanol–water partition coefficient (Wildman–Crippen LogP) is 3.11. The summed E-state index contributed by atoms with van der Waals surface area (Å²) >= 11 is 0. The lowest BCUT2D eigenvalue weighted by Gasteiger charge is -2.14. The van der Waals surface area contributed by atoms with Crippen molar-refractivity contribution < 1.29 is 9.26 Å². The summed E-state index contributed by atoms with van der Waals surface area (Å²) in [5.74, 6) is 2.38. The van der Waals surface area contributed by atoms with Gasteiger partial charge < -0.3 is 15.0 Å². The Labute approximate surface area is 122 Å². The van der Waals surface area contributed by atoms with Gasteiger partial charge in [0.1, 0.15) is 6.10 Å². The average molecular weight is 283 g/mol. The Kier molecular flexibility index (Phi) is 7.77. The quantitative estimate of drug-likeness (QED) is 0.714. The molecule has 0 aliphatic heterocycles. The first kappa shape index (κ1) is 17.1. The van der Waals surface area contributed by atoms with Crippen LogP contribution in [0.5, 0.6) is 0 Å². The van der Waals surface area contributed by atoms with Crippen LogP contribution in [-0.2, 0) is 11.2 Å². The van der Waals surface area contributed by atoms with E-state index in [2.05, 4.69) is 30.9 Å². The molecular formula is C15H29N3O2. The minimum absolute atomic E-state index is 0.0519. The highest BCUT2D eigenvalue weighted by molar-refractivity contribution is 4.92. The Balaban J connectivity index is 2.64. The normalized spacial score (nSPS) is 14.7. The van der Waals surface area contributed by atoms with Gasteiger partial charge in [0, 0.05) is 13.0 Å². The molecule has 2 unspecified atom stereocenters. The highest BCUT2D eigenvalue weighted by atomic mass is 16.5. The molecule has 5 nitrogen and oxygen atoms in total. The maximum Gasteiger partial charge on any atom is 0.227 e. The molecule has 0 aliphatic rings. The second-order valence-electron chi connectivity index (χ2n) is 5.71. The fourth-order valence-electron chi connectivity index (χ4n) is 2.41. The fourth-order valence-corrected chi connectivity index (χ4v) is 2.41. The number of hydrogen-bond acceptors (Lipinski definition) is 5. The lowest BCUT2D eigenvalue weighted by atomic mass is 9.94. The van der Waals surface area contributed by atoms with Gasteiger partial charge in [0.15, 0.2) is 0 Å². The van der Waals surface area contributed by atoms with Gasteiger partial charge in [0.25, 0.3) is 0 Å². The first-order chi connectivity index (χ1) is 9.60. The van der Waals surface area contributed by atoms with E-state index in [0.29, 0.717) is 36.7 Å². The van der Waals surface area contributed by atoms with Crippen molar-refractivity contribution in [2.24, 2.45) is 17.6 Å². The molecule has 1 rings (SSSR count). The van der Waals surface area contributed by atoms with E-state index in [9.17, 15) is 0 Å². The van der Waals surface area contributed by atoms with Crippen LogP contribution in [0.4, 0.5) is 0 Å². The van der Waals surface area contributed by atoms with Crippen LogP contribution in [0.15, 0.2) is 4.52 Å². The summed E-state index contributed by atoms with van der Waals surface area (Å²) < 4.78 is 11.0. The molecule has 116 valence electrons. The monoisotopic (exact) mass is 283 g/mol. The SMILES string of the molecule is CCCC(OCC)c1noc(CC(CN)CC(C)C)n1. The second kappa shape index (κ2) is 9.08. The van der Waals surface area contributed by atoms with E-state index in [0.717, 1.165) is 25.7 Å². The van der Waals surface area contributed by atoms with E-state index in [1.54, 1.807) is 0 Å². The summed E-state index contributed by atoms with van der Waals surface area (Å²) in [6.07, 6.45) is 3.74. The maximum absolute atomic E-state index is 5.82. The van der Waals surface area contributed by atoms with E-state index < -0.39 is 0 Å². The van der Waals surface area contributed by atoms with Crippen molar-refractivity contribution in [2.45, 2.75) is 59.5 Å². The zero-order valence-corrected chi connectivity index (χ0v) is 13.3. The number of rotatable bonds is 10. The van der Waals surface area contributed by atoms with E-state index in [-0.39, 0.29) is 6.10 Å². The number of nitrogens with zero attached hydrogens (tertiary/aromatic N) is 2. The summed E-state index contributed by atoms with van der Waals surface area (Å²) in [6, 6.07) is 0. The molecule has 0 bridgehead atoms. The van der Waals surface area contributed by atoms with Gasteiger partial charge in [-0.2, -0.15) is 4.98 Å². The summed E-state index contributed by atoms with van der Waals surface area (Å²) in [7, 11) is 0. The number of ether oxygens (including phenoxy) is 1. The van der Waals surface area contributed by atoms with E-state index in [1.165, 1.54) is 0 Å². The Hall–Kier alpha value is -0.940. The molecule has 0 saturated carbocycles. The third-order valence-electron chi connectivity index (χ3n) is 3.29. The fraction of sp³-hybridized carbons (Fsp3) is 0.867. The molecule has 2 N–H and O–H groups in total. The molecule has 0 spiro atoms. The van der Waals surface area contributed by atoms with Gasteiger partial charge >= 0.3 is 0 Å². The zero-order valence-electron chi connectivity index (χ0n) is 13.3. The van der Waals surface area contributed by atoms with Crippen LogP contribution < -0.4 is 5.73 Å². The highest BCUT2D eigenvalue weighted by Gasteiger charge is 2.20. The van der Waals surface area contributed by atoms with Crippen LogP contribution in [0, 0.1) is 11.8 Å². The Morgan fingerprint density at radius 1 is 1.30 bits per heavy atom. The Morgan fingerprint density at radius 2 is 2.05 bits per heavy atom. The molecule has 0 fully saturated rings. The van der Waals surface area contributed by atoms with Crippen molar-refractivity contribution in [1.82, 2.24) is 10.1 Å². The van der Waals surface area contributed by atoms with Crippen molar-refractivity contribution in [2.75, 3.05) is 13.2 Å². The maximum atomic E-state index is 5.82. The van der Waals surface area contributed by atoms with E-state index >= 15 is 0 Å². The van der Waals surface area contributed by atoms with Crippen LogP contribution in [0.2, 0.25) is 0 Å². The van der Waals surface area contributed by atoms with Crippen LogP contribution in [0.1, 0.15) is 64.8 Å². The van der Waals surface area contributed by atoms with Crippen LogP contribution >= 0.6 is 0 Å². The van der Waals surface area contributed by atoms with Gasteiger partial charge in [-0.05, 0) is 38.1 Å². The Morgan fingerprint density at radius 3 is 2.60 bits per heavy atom. The van der Waals surface area contributed by atoms with E-state index in [4.69, 9.17) is 15.0 Å². The minimum Gasteiger partial charge on any atom is -0.370 e. The summed E-state index contributed by atoms with van der Waals surface area (Å²) in [5, 5.41) is 4.07. The highest BCUT2D eigenvalue weighted by Crippen LogP contribution is 2.21. The van der Waals surface area contributed by atoms with Gasteiger partial charge in [0.2, 0.25) is 11.7 Å². The standard InChI is InChI=1S/C15H29N3O2/c1-5-7-13(19-6-2)15-17-14(20-18-15)9-12(10-16)8-11(3)4/h11-13H,5-10,16H2,1-4H3. The summed E-state index contributed by atoms with van der Waals surface area (Å²) in [6.45, 7) is 9.83. The largest absolute Gasteiger partial charge is 0.370 e. The molecule has 5 heteroatoms. The smallest absolute Gasteiger partial charge is 0.227 e. The van der Waals surface area contributed by atoms with Crippen LogP contribution in [0.3, 0.4) is 0 Å². The van der Waals surface area contributed by atoms with Gasteiger partial charge in [-0.3, -0.25) is 0 Å². The summed E-state index contributed by atoms with van der Waals surface area (Å²) in [5.41, 5.74) is 5.82. The molecular weight excluding hydrogens is 254 g/mol. The molecule has 0 aliphatic carbocycles. The van der Waals surface area contributed by atoms with Crippen molar-refractivity contribution >= 4 is 0 Å². The first-order valence-electron chi connectivity index (χ1n) is 7.74. The van der Waals surface area contributed by atoms with Crippen molar-refractivity contribution in [1.29, 1.82) is 0 Å². The average Bonchev–Trinajstić information content (AvgIpc) is 2.85. The van der Waals surface area contributed by atoms with Gasteiger partial charge in [0.05, 0.1) is 0 Å². The second-order valence-corrected chi connectivity index (χ2v) is 5.71.